The molecule has 32 heavy (non-hydrogen) atoms. The highest BCUT2D eigenvalue weighted by Crippen LogP contribution is 2.27. The van der Waals surface area contributed by atoms with Crippen molar-refractivity contribution >= 4 is 45.8 Å². The maximum absolute atomic E-state index is 13.3. The molecule has 164 valence electrons. The first kappa shape index (κ1) is 21.8. The third-order valence-electron chi connectivity index (χ3n) is 5.74. The average Bonchev–Trinajstić information content (AvgIpc) is 2.84. The predicted molar refractivity (Wildman–Crippen MR) is 124 cm³/mol. The third kappa shape index (κ3) is 4.46. The number of carbonyl (C=O) groups excluding carboxylic acids is 3. The Balaban J connectivity index is 1.50. The Morgan fingerprint density at radius 2 is 1.84 bits per heavy atom. The van der Waals surface area contributed by atoms with E-state index in [-0.39, 0.29) is 17.7 Å². The summed E-state index contributed by atoms with van der Waals surface area (Å²) in [6.45, 7) is 0.923. The van der Waals surface area contributed by atoms with E-state index in [4.69, 9.17) is 16.3 Å². The number of ether oxygens (including phenoxy) is 1. The van der Waals surface area contributed by atoms with Gasteiger partial charge in [-0.05, 0) is 47.9 Å². The molecule has 1 N–H and O–H groups in total. The van der Waals surface area contributed by atoms with Gasteiger partial charge in [0.2, 0.25) is 5.91 Å². The first-order chi connectivity index (χ1) is 15.5. The van der Waals surface area contributed by atoms with Crippen LogP contribution in [0.15, 0.2) is 60.7 Å². The molecule has 1 fully saturated rings. The number of methoxy groups -OCH3 is 1. The topological polar surface area (TPSA) is 75.7 Å². The fourth-order valence-corrected chi connectivity index (χ4v) is 4.22. The zero-order valence-corrected chi connectivity index (χ0v) is 18.4. The van der Waals surface area contributed by atoms with Gasteiger partial charge >= 0.3 is 5.97 Å². The summed E-state index contributed by atoms with van der Waals surface area (Å²) in [6, 6.07) is 18.0. The highest BCUT2D eigenvalue weighted by atomic mass is 35.5. The van der Waals surface area contributed by atoms with Crippen LogP contribution in [0.25, 0.3) is 10.8 Å². The molecule has 6 nitrogen and oxygen atoms in total. The number of likely N-dealkylation sites (tertiary alicyclic amines) is 1. The Morgan fingerprint density at radius 1 is 1.06 bits per heavy atom. The number of halogens is 1. The van der Waals surface area contributed by atoms with Crippen LogP contribution in [0.4, 0.5) is 5.69 Å². The van der Waals surface area contributed by atoms with Crippen molar-refractivity contribution in [3.8, 4) is 0 Å². The number of hydrogen-bond donors (Lipinski definition) is 1. The van der Waals surface area contributed by atoms with E-state index in [9.17, 15) is 14.4 Å². The van der Waals surface area contributed by atoms with Gasteiger partial charge in [0.25, 0.3) is 5.91 Å². The Labute approximate surface area is 191 Å². The fraction of sp³-hybridized carbons (Fsp3) is 0.240. The molecule has 3 aromatic carbocycles. The van der Waals surface area contributed by atoms with Crippen LogP contribution in [0.5, 0.6) is 0 Å². The summed E-state index contributed by atoms with van der Waals surface area (Å²) in [6.07, 6.45) is 1.39. The van der Waals surface area contributed by atoms with Crippen molar-refractivity contribution in [3.05, 3.63) is 76.8 Å². The molecule has 0 radical (unpaired) electrons. The Morgan fingerprint density at radius 3 is 2.66 bits per heavy atom. The van der Waals surface area contributed by atoms with Gasteiger partial charge in [-0.3, -0.25) is 9.59 Å². The molecule has 1 heterocycles. The average molecular weight is 451 g/mol. The van der Waals surface area contributed by atoms with E-state index in [0.717, 1.165) is 17.2 Å². The highest BCUT2D eigenvalue weighted by Gasteiger charge is 2.30. The number of nitrogens with zero attached hydrogens (tertiary/aromatic N) is 1. The predicted octanol–water partition coefficient (Wildman–Crippen LogP) is 4.77. The summed E-state index contributed by atoms with van der Waals surface area (Å²) in [5.74, 6) is -1.20. The number of carbonyl (C=O) groups is 3. The second-order valence-electron chi connectivity index (χ2n) is 7.79. The summed E-state index contributed by atoms with van der Waals surface area (Å²) < 4.78 is 4.73. The third-order valence-corrected chi connectivity index (χ3v) is 6.07. The number of benzene rings is 3. The molecule has 2 amide bonds. The van der Waals surface area contributed by atoms with Gasteiger partial charge in [0.05, 0.1) is 29.3 Å². The number of piperidine rings is 1. The van der Waals surface area contributed by atoms with Crippen LogP contribution in [0.1, 0.15) is 33.6 Å². The van der Waals surface area contributed by atoms with E-state index >= 15 is 0 Å². The van der Waals surface area contributed by atoms with Gasteiger partial charge in [-0.25, -0.2) is 4.79 Å². The monoisotopic (exact) mass is 450 g/mol. The molecule has 0 saturated carbocycles. The lowest BCUT2D eigenvalue weighted by Crippen LogP contribution is -2.43. The normalized spacial score (nSPS) is 15.9. The number of esters is 1. The van der Waals surface area contributed by atoms with E-state index in [1.54, 1.807) is 11.0 Å². The first-order valence-electron chi connectivity index (χ1n) is 10.4. The van der Waals surface area contributed by atoms with Crippen molar-refractivity contribution in [1.82, 2.24) is 4.90 Å². The van der Waals surface area contributed by atoms with Crippen LogP contribution in [0.2, 0.25) is 5.02 Å². The van der Waals surface area contributed by atoms with Gasteiger partial charge in [-0.15, -0.1) is 0 Å². The molecular formula is C25H23ClN2O4. The smallest absolute Gasteiger partial charge is 0.337 e. The minimum absolute atomic E-state index is 0.0787. The van der Waals surface area contributed by atoms with Gasteiger partial charge in [0, 0.05) is 18.7 Å². The van der Waals surface area contributed by atoms with Crippen molar-refractivity contribution in [2.45, 2.75) is 12.8 Å². The molecule has 1 unspecified atom stereocenters. The van der Waals surface area contributed by atoms with Crippen molar-refractivity contribution < 1.29 is 19.1 Å². The molecule has 7 heteroatoms. The highest BCUT2D eigenvalue weighted by molar-refractivity contribution is 6.33. The Hall–Kier alpha value is -3.38. The summed E-state index contributed by atoms with van der Waals surface area (Å²) in [7, 11) is 1.29. The lowest BCUT2D eigenvalue weighted by molar-refractivity contribution is -0.121. The molecule has 4 rings (SSSR count). The Bertz CT molecular complexity index is 1190. The van der Waals surface area contributed by atoms with E-state index < -0.39 is 5.97 Å². The number of rotatable bonds is 4. The number of amides is 2. The number of hydrogen-bond acceptors (Lipinski definition) is 4. The van der Waals surface area contributed by atoms with Crippen molar-refractivity contribution in [3.63, 3.8) is 0 Å². The minimum atomic E-state index is -0.512. The molecule has 3 aromatic rings. The lowest BCUT2D eigenvalue weighted by atomic mass is 9.95. The van der Waals surface area contributed by atoms with Crippen LogP contribution in [-0.4, -0.2) is 42.9 Å². The van der Waals surface area contributed by atoms with E-state index in [1.807, 2.05) is 42.5 Å². The molecule has 0 aromatic heterocycles. The summed E-state index contributed by atoms with van der Waals surface area (Å²) in [5, 5.41) is 5.04. The van der Waals surface area contributed by atoms with Crippen molar-refractivity contribution in [2.75, 3.05) is 25.5 Å². The van der Waals surface area contributed by atoms with Crippen LogP contribution >= 0.6 is 11.6 Å². The number of anilines is 1. The number of fused-ring (bicyclic) bond motifs is 1. The van der Waals surface area contributed by atoms with Crippen molar-refractivity contribution in [1.29, 1.82) is 0 Å². The zero-order valence-electron chi connectivity index (χ0n) is 17.6. The van der Waals surface area contributed by atoms with E-state index in [2.05, 4.69) is 5.32 Å². The summed E-state index contributed by atoms with van der Waals surface area (Å²) in [5.41, 5.74) is 1.28. The quantitative estimate of drug-likeness (QED) is 0.581. The van der Waals surface area contributed by atoms with Crippen LogP contribution in [0.3, 0.4) is 0 Å². The molecule has 1 aliphatic rings. The van der Waals surface area contributed by atoms with Gasteiger partial charge in [0.15, 0.2) is 0 Å². The maximum Gasteiger partial charge on any atom is 0.337 e. The van der Waals surface area contributed by atoms with Gasteiger partial charge < -0.3 is 15.0 Å². The largest absolute Gasteiger partial charge is 0.465 e. The molecule has 1 saturated heterocycles. The second-order valence-corrected chi connectivity index (χ2v) is 8.20. The van der Waals surface area contributed by atoms with Gasteiger partial charge in [0.1, 0.15) is 0 Å². The molecule has 0 bridgehead atoms. The lowest BCUT2D eigenvalue weighted by Gasteiger charge is -2.32. The maximum atomic E-state index is 13.3. The van der Waals surface area contributed by atoms with Gasteiger partial charge in [-0.2, -0.15) is 0 Å². The summed E-state index contributed by atoms with van der Waals surface area (Å²) in [4.78, 5) is 39.8. The number of nitrogens with one attached hydrogen (secondary N) is 1. The van der Waals surface area contributed by atoms with Crippen LogP contribution in [0, 0.1) is 5.92 Å². The molecule has 1 atom stereocenters. The summed E-state index contributed by atoms with van der Waals surface area (Å²) >= 11 is 6.21. The second kappa shape index (κ2) is 9.40. The first-order valence-corrected chi connectivity index (χ1v) is 10.8. The van der Waals surface area contributed by atoms with E-state index in [1.165, 1.54) is 19.2 Å². The van der Waals surface area contributed by atoms with Gasteiger partial charge in [-0.1, -0.05) is 48.0 Å². The standard InChI is InChI=1S/C25H23ClN2O4/c1-32-25(31)17-11-12-21(26)22(14-17)27-23(29)18-8-5-13-28(15-18)24(30)20-10-4-7-16-6-2-3-9-19(16)20/h2-4,6-7,9-12,14,18H,5,8,13,15H2,1H3,(H,27,29). The molecule has 0 spiro atoms. The SMILES string of the molecule is COC(=O)c1ccc(Cl)c(NC(=O)C2CCCN(C(=O)c3cccc4ccccc34)C2)c1. The minimum Gasteiger partial charge on any atom is -0.465 e. The fourth-order valence-electron chi connectivity index (χ4n) is 4.06. The Kier molecular flexibility index (Phi) is 6.42. The zero-order chi connectivity index (χ0) is 22.7. The molecular weight excluding hydrogens is 428 g/mol. The van der Waals surface area contributed by atoms with Crippen LogP contribution in [-0.2, 0) is 9.53 Å². The van der Waals surface area contributed by atoms with E-state index in [0.29, 0.717) is 41.3 Å². The molecule has 1 aliphatic heterocycles. The van der Waals surface area contributed by atoms with Crippen LogP contribution < -0.4 is 5.32 Å². The van der Waals surface area contributed by atoms with Crippen molar-refractivity contribution in [2.24, 2.45) is 5.92 Å². The molecule has 0 aliphatic carbocycles.